The fourth-order valence-electron chi connectivity index (χ4n) is 2.81. The number of esters is 1. The SMILES string of the molecule is CCOCCOC(=O)C1=C(C)Nc2ncnn2[C@H]1c1cc(F)cc(F)c1. The lowest BCUT2D eigenvalue weighted by molar-refractivity contribution is -0.141. The summed E-state index contributed by atoms with van der Waals surface area (Å²) in [5.74, 6) is -1.75. The van der Waals surface area contributed by atoms with Crippen LogP contribution in [0.15, 0.2) is 35.8 Å². The van der Waals surface area contributed by atoms with Crippen LogP contribution in [-0.2, 0) is 14.3 Å². The molecule has 1 atom stereocenters. The molecule has 0 saturated heterocycles. The van der Waals surface area contributed by atoms with Gasteiger partial charge in [0.2, 0.25) is 5.95 Å². The molecule has 0 bridgehead atoms. The zero-order valence-corrected chi connectivity index (χ0v) is 14.3. The molecule has 7 nitrogen and oxygen atoms in total. The topological polar surface area (TPSA) is 78.3 Å². The van der Waals surface area contributed by atoms with Gasteiger partial charge in [-0.1, -0.05) is 0 Å². The molecule has 0 spiro atoms. The van der Waals surface area contributed by atoms with E-state index < -0.39 is 23.6 Å². The van der Waals surface area contributed by atoms with E-state index >= 15 is 0 Å². The Morgan fingerprint density at radius 2 is 2.00 bits per heavy atom. The van der Waals surface area contributed by atoms with Crippen LogP contribution < -0.4 is 5.32 Å². The Balaban J connectivity index is 1.98. The van der Waals surface area contributed by atoms with E-state index in [1.54, 1.807) is 6.92 Å². The highest BCUT2D eigenvalue weighted by Crippen LogP contribution is 2.35. The van der Waals surface area contributed by atoms with Crippen molar-refractivity contribution in [3.63, 3.8) is 0 Å². The summed E-state index contributed by atoms with van der Waals surface area (Å²) in [6, 6.07) is 2.22. The Labute approximate surface area is 148 Å². The molecule has 1 aromatic heterocycles. The van der Waals surface area contributed by atoms with E-state index in [-0.39, 0.29) is 24.4 Å². The fourth-order valence-corrected chi connectivity index (χ4v) is 2.81. The lowest BCUT2D eigenvalue weighted by atomic mass is 9.95. The molecule has 0 radical (unpaired) electrons. The van der Waals surface area contributed by atoms with Crippen molar-refractivity contribution in [1.29, 1.82) is 0 Å². The van der Waals surface area contributed by atoms with Crippen molar-refractivity contribution < 1.29 is 23.0 Å². The van der Waals surface area contributed by atoms with Gasteiger partial charge >= 0.3 is 5.97 Å². The van der Waals surface area contributed by atoms with E-state index in [1.165, 1.54) is 11.0 Å². The van der Waals surface area contributed by atoms with Crippen LogP contribution in [-0.4, -0.2) is 40.6 Å². The van der Waals surface area contributed by atoms with Crippen molar-refractivity contribution in [2.45, 2.75) is 19.9 Å². The first kappa shape index (κ1) is 18.0. The van der Waals surface area contributed by atoms with Gasteiger partial charge in [0.05, 0.1) is 12.2 Å². The Hall–Kier alpha value is -2.81. The Morgan fingerprint density at radius 1 is 1.27 bits per heavy atom. The molecule has 138 valence electrons. The number of rotatable bonds is 6. The Kier molecular flexibility index (Phi) is 5.27. The minimum Gasteiger partial charge on any atom is -0.460 e. The maximum absolute atomic E-state index is 13.7. The number of nitrogens with zero attached hydrogens (tertiary/aromatic N) is 3. The van der Waals surface area contributed by atoms with Crippen LogP contribution >= 0.6 is 0 Å². The number of carbonyl (C=O) groups excluding carboxylic acids is 1. The van der Waals surface area contributed by atoms with Gasteiger partial charge in [-0.25, -0.2) is 18.3 Å². The molecule has 2 aromatic rings. The summed E-state index contributed by atoms with van der Waals surface area (Å²) >= 11 is 0. The third kappa shape index (κ3) is 3.57. The molecule has 26 heavy (non-hydrogen) atoms. The molecule has 1 aliphatic heterocycles. The average molecular weight is 364 g/mol. The maximum Gasteiger partial charge on any atom is 0.338 e. The molecule has 3 rings (SSSR count). The van der Waals surface area contributed by atoms with Gasteiger partial charge in [-0.2, -0.15) is 10.1 Å². The van der Waals surface area contributed by atoms with Crippen molar-refractivity contribution in [2.24, 2.45) is 0 Å². The number of ether oxygens (including phenoxy) is 2. The highest BCUT2D eigenvalue weighted by atomic mass is 19.1. The number of nitrogens with one attached hydrogen (secondary N) is 1. The minimum atomic E-state index is -0.862. The number of carbonyl (C=O) groups is 1. The number of hydrogen-bond acceptors (Lipinski definition) is 6. The quantitative estimate of drug-likeness (QED) is 0.627. The van der Waals surface area contributed by atoms with E-state index in [9.17, 15) is 13.6 Å². The standard InChI is InChI=1S/C17H18F2N4O3/c1-3-25-4-5-26-16(24)14-10(2)22-17-20-9-21-23(17)15(14)11-6-12(18)8-13(19)7-11/h6-9,15H,3-5H2,1-2H3,(H,20,21,22)/t15-/m0/s1. The molecule has 2 heterocycles. The first-order chi connectivity index (χ1) is 12.5. The van der Waals surface area contributed by atoms with E-state index in [0.717, 1.165) is 18.2 Å². The van der Waals surface area contributed by atoms with Gasteiger partial charge in [-0.15, -0.1) is 0 Å². The van der Waals surface area contributed by atoms with Crippen molar-refractivity contribution in [2.75, 3.05) is 25.1 Å². The molecular weight excluding hydrogens is 346 g/mol. The third-order valence-corrected chi connectivity index (χ3v) is 3.88. The number of fused-ring (bicyclic) bond motifs is 1. The van der Waals surface area contributed by atoms with Gasteiger partial charge in [-0.05, 0) is 31.5 Å². The summed E-state index contributed by atoms with van der Waals surface area (Å²) in [7, 11) is 0. The highest BCUT2D eigenvalue weighted by molar-refractivity contribution is 5.92. The molecule has 0 unspecified atom stereocenters. The van der Waals surface area contributed by atoms with Crippen LogP contribution in [0.2, 0.25) is 0 Å². The smallest absolute Gasteiger partial charge is 0.338 e. The summed E-state index contributed by atoms with van der Waals surface area (Å²) < 4.78 is 39.3. The zero-order chi connectivity index (χ0) is 18.7. The first-order valence-electron chi connectivity index (χ1n) is 8.09. The monoisotopic (exact) mass is 364 g/mol. The van der Waals surface area contributed by atoms with Gasteiger partial charge in [-0.3, -0.25) is 0 Å². The van der Waals surface area contributed by atoms with Crippen LogP contribution in [0.25, 0.3) is 0 Å². The van der Waals surface area contributed by atoms with Crippen LogP contribution in [0.4, 0.5) is 14.7 Å². The Morgan fingerprint density at radius 3 is 2.69 bits per heavy atom. The molecular formula is C17H18F2N4O3. The number of halogens is 2. The van der Waals surface area contributed by atoms with E-state index in [4.69, 9.17) is 9.47 Å². The van der Waals surface area contributed by atoms with Gasteiger partial charge < -0.3 is 14.8 Å². The van der Waals surface area contributed by atoms with Crippen molar-refractivity contribution in [3.8, 4) is 0 Å². The van der Waals surface area contributed by atoms with Crippen LogP contribution in [0.1, 0.15) is 25.5 Å². The first-order valence-corrected chi connectivity index (χ1v) is 8.09. The van der Waals surface area contributed by atoms with Crippen LogP contribution in [0, 0.1) is 11.6 Å². The van der Waals surface area contributed by atoms with Gasteiger partial charge in [0.15, 0.2) is 0 Å². The predicted octanol–water partition coefficient (Wildman–Crippen LogP) is 2.42. The number of benzene rings is 1. The summed E-state index contributed by atoms with van der Waals surface area (Å²) in [4.78, 5) is 16.7. The van der Waals surface area contributed by atoms with Crippen molar-refractivity contribution in [1.82, 2.24) is 14.8 Å². The zero-order valence-electron chi connectivity index (χ0n) is 14.3. The number of allylic oxidation sites excluding steroid dienone is 1. The van der Waals surface area contributed by atoms with E-state index in [0.29, 0.717) is 18.3 Å². The average Bonchev–Trinajstić information content (AvgIpc) is 3.04. The largest absolute Gasteiger partial charge is 0.460 e. The molecule has 1 aliphatic rings. The predicted molar refractivity (Wildman–Crippen MR) is 88.3 cm³/mol. The van der Waals surface area contributed by atoms with Gasteiger partial charge in [0, 0.05) is 18.4 Å². The molecule has 0 aliphatic carbocycles. The summed E-state index contributed by atoms with van der Waals surface area (Å²) in [5, 5.41) is 7.03. The Bertz CT molecular complexity index is 830. The van der Waals surface area contributed by atoms with Gasteiger partial charge in [0.25, 0.3) is 0 Å². The second-order valence-electron chi connectivity index (χ2n) is 5.63. The lowest BCUT2D eigenvalue weighted by Crippen LogP contribution is -2.30. The van der Waals surface area contributed by atoms with Crippen molar-refractivity contribution in [3.05, 3.63) is 53.0 Å². The van der Waals surface area contributed by atoms with Crippen LogP contribution in [0.3, 0.4) is 0 Å². The van der Waals surface area contributed by atoms with E-state index in [2.05, 4.69) is 15.4 Å². The van der Waals surface area contributed by atoms with Gasteiger partial charge in [0.1, 0.15) is 30.6 Å². The fraction of sp³-hybridized carbons (Fsp3) is 0.353. The second kappa shape index (κ2) is 7.61. The molecule has 0 amide bonds. The number of aromatic nitrogens is 3. The summed E-state index contributed by atoms with van der Waals surface area (Å²) in [6.07, 6.45) is 1.29. The molecule has 9 heteroatoms. The number of hydrogen-bond donors (Lipinski definition) is 1. The second-order valence-corrected chi connectivity index (χ2v) is 5.63. The third-order valence-electron chi connectivity index (χ3n) is 3.88. The normalized spacial score (nSPS) is 16.2. The molecule has 1 aromatic carbocycles. The highest BCUT2D eigenvalue weighted by Gasteiger charge is 2.34. The maximum atomic E-state index is 13.7. The van der Waals surface area contributed by atoms with E-state index in [1.807, 2.05) is 6.92 Å². The molecule has 1 N–H and O–H groups in total. The van der Waals surface area contributed by atoms with Crippen molar-refractivity contribution >= 4 is 11.9 Å². The number of anilines is 1. The molecule has 0 saturated carbocycles. The summed E-state index contributed by atoms with van der Waals surface area (Å²) in [6.45, 7) is 4.34. The summed E-state index contributed by atoms with van der Waals surface area (Å²) in [5.41, 5.74) is 0.901. The van der Waals surface area contributed by atoms with Crippen LogP contribution in [0.5, 0.6) is 0 Å². The lowest BCUT2D eigenvalue weighted by Gasteiger charge is -2.28. The minimum absolute atomic E-state index is 0.0674. The molecule has 0 fully saturated rings.